The van der Waals surface area contributed by atoms with E-state index >= 15 is 0 Å². The zero-order valence-corrected chi connectivity index (χ0v) is 11.2. The van der Waals surface area contributed by atoms with Crippen LogP contribution < -0.4 is 0 Å². The fourth-order valence-corrected chi connectivity index (χ4v) is 2.03. The minimum absolute atomic E-state index is 0.740. The van der Waals surface area contributed by atoms with Crippen molar-refractivity contribution >= 4 is 15.9 Å². The first-order valence-corrected chi connectivity index (χ1v) is 6.35. The molecule has 18 heavy (non-hydrogen) atoms. The first-order chi connectivity index (χ1) is 8.81. The molecule has 0 atom stereocenters. The highest BCUT2D eigenvalue weighted by Gasteiger charge is 2.01. The maximum Gasteiger partial charge on any atom is 0.0996 e. The van der Waals surface area contributed by atoms with Crippen molar-refractivity contribution in [3.05, 3.63) is 65.7 Å². The van der Waals surface area contributed by atoms with Crippen LogP contribution in [0.1, 0.15) is 5.69 Å². The first kappa shape index (κ1) is 11.2. The third kappa shape index (κ3) is 2.36. The number of aromatic nitrogens is 4. The Kier molecular flexibility index (Phi) is 2.98. The van der Waals surface area contributed by atoms with Crippen molar-refractivity contribution < 1.29 is 0 Å². The summed E-state index contributed by atoms with van der Waals surface area (Å²) in [7, 11) is 0. The second-order valence-corrected chi connectivity index (χ2v) is 4.90. The smallest absolute Gasteiger partial charge is 0.0996 e. The van der Waals surface area contributed by atoms with E-state index in [1.54, 1.807) is 12.5 Å². The molecule has 0 aliphatic heterocycles. The minimum Gasteiger partial charge on any atom is -0.331 e. The molecule has 0 bridgehead atoms. The van der Waals surface area contributed by atoms with E-state index in [9.17, 15) is 0 Å². The van der Waals surface area contributed by atoms with Gasteiger partial charge in [0.25, 0.3) is 0 Å². The average molecular weight is 303 g/mol. The molecule has 0 radical (unpaired) electrons. The van der Waals surface area contributed by atoms with E-state index in [2.05, 4.69) is 25.9 Å². The van der Waals surface area contributed by atoms with Crippen molar-refractivity contribution in [2.75, 3.05) is 0 Å². The topological polar surface area (TPSA) is 35.6 Å². The zero-order chi connectivity index (χ0) is 12.4. The highest BCUT2D eigenvalue weighted by Crippen LogP contribution is 2.14. The lowest BCUT2D eigenvalue weighted by molar-refractivity contribution is 0.778. The predicted molar refractivity (Wildman–Crippen MR) is 72.6 cm³/mol. The molecule has 2 aromatic heterocycles. The van der Waals surface area contributed by atoms with Crippen LogP contribution in [-0.4, -0.2) is 19.1 Å². The molecule has 0 saturated carbocycles. The molecule has 2 heterocycles. The van der Waals surface area contributed by atoms with Gasteiger partial charge >= 0.3 is 0 Å². The van der Waals surface area contributed by atoms with Gasteiger partial charge in [-0.1, -0.05) is 15.9 Å². The summed E-state index contributed by atoms with van der Waals surface area (Å²) in [6.45, 7) is 0.740. The van der Waals surface area contributed by atoms with Crippen molar-refractivity contribution in [3.63, 3.8) is 0 Å². The van der Waals surface area contributed by atoms with Gasteiger partial charge in [-0.15, -0.1) is 0 Å². The number of hydrogen-bond donors (Lipinski definition) is 0. The van der Waals surface area contributed by atoms with Crippen LogP contribution >= 0.6 is 15.9 Å². The van der Waals surface area contributed by atoms with Gasteiger partial charge in [-0.05, 0) is 24.3 Å². The van der Waals surface area contributed by atoms with E-state index in [4.69, 9.17) is 0 Å². The molecule has 90 valence electrons. The van der Waals surface area contributed by atoms with E-state index in [-0.39, 0.29) is 0 Å². The molecule has 3 aromatic rings. The summed E-state index contributed by atoms with van der Waals surface area (Å²) in [5.74, 6) is 0. The molecule has 5 heteroatoms. The van der Waals surface area contributed by atoms with E-state index in [0.29, 0.717) is 0 Å². The molecule has 0 aliphatic carbocycles. The van der Waals surface area contributed by atoms with Gasteiger partial charge in [0.05, 0.1) is 24.9 Å². The average Bonchev–Trinajstić information content (AvgIpc) is 3.02. The Morgan fingerprint density at radius 2 is 1.94 bits per heavy atom. The van der Waals surface area contributed by atoms with Crippen LogP contribution in [0, 0.1) is 0 Å². The van der Waals surface area contributed by atoms with E-state index in [1.807, 2.05) is 52.1 Å². The number of benzene rings is 1. The summed E-state index contributed by atoms with van der Waals surface area (Å²) in [6, 6.07) is 8.13. The summed E-state index contributed by atoms with van der Waals surface area (Å²) >= 11 is 3.43. The number of halogens is 1. The second-order valence-electron chi connectivity index (χ2n) is 3.98. The molecule has 4 nitrogen and oxygen atoms in total. The number of rotatable bonds is 3. The van der Waals surface area contributed by atoms with Crippen LogP contribution in [0.5, 0.6) is 0 Å². The Bertz CT molecular complexity index is 625. The van der Waals surface area contributed by atoms with Gasteiger partial charge < -0.3 is 9.13 Å². The predicted octanol–water partition coefficient (Wildman–Crippen LogP) is 2.88. The Hall–Kier alpha value is -1.88. The molecule has 3 rings (SSSR count). The van der Waals surface area contributed by atoms with Gasteiger partial charge in [-0.3, -0.25) is 0 Å². The van der Waals surface area contributed by atoms with Crippen LogP contribution in [0.25, 0.3) is 5.69 Å². The molecule has 0 saturated heterocycles. The van der Waals surface area contributed by atoms with E-state index in [0.717, 1.165) is 22.4 Å². The Balaban J connectivity index is 1.83. The Morgan fingerprint density at radius 1 is 1.11 bits per heavy atom. The Labute approximate surface area is 113 Å². The van der Waals surface area contributed by atoms with Crippen LogP contribution in [0.2, 0.25) is 0 Å². The quantitative estimate of drug-likeness (QED) is 0.746. The molecule has 0 fully saturated rings. The number of nitrogens with zero attached hydrogens (tertiary/aromatic N) is 4. The van der Waals surface area contributed by atoms with Crippen LogP contribution in [0.4, 0.5) is 0 Å². The molecule has 1 aromatic carbocycles. The van der Waals surface area contributed by atoms with Crippen molar-refractivity contribution in [1.82, 2.24) is 19.1 Å². The lowest BCUT2D eigenvalue weighted by Gasteiger charge is -2.01. The maximum atomic E-state index is 4.39. The molecule has 0 spiro atoms. The monoisotopic (exact) mass is 302 g/mol. The van der Waals surface area contributed by atoms with Crippen LogP contribution in [0.15, 0.2) is 60.0 Å². The highest BCUT2D eigenvalue weighted by atomic mass is 79.9. The summed E-state index contributed by atoms with van der Waals surface area (Å²) in [4.78, 5) is 8.41. The third-order valence-electron chi connectivity index (χ3n) is 2.66. The van der Waals surface area contributed by atoms with Gasteiger partial charge in [0.15, 0.2) is 0 Å². The minimum atomic E-state index is 0.740. The van der Waals surface area contributed by atoms with Crippen molar-refractivity contribution in [2.45, 2.75) is 6.54 Å². The fraction of sp³-hybridized carbons (Fsp3) is 0.0769. The Morgan fingerprint density at radius 3 is 2.67 bits per heavy atom. The fourth-order valence-electron chi connectivity index (χ4n) is 1.77. The van der Waals surface area contributed by atoms with Gasteiger partial charge in [0.2, 0.25) is 0 Å². The zero-order valence-electron chi connectivity index (χ0n) is 9.57. The third-order valence-corrected chi connectivity index (χ3v) is 3.19. The molecule has 0 aliphatic rings. The molecule has 0 N–H and O–H groups in total. The van der Waals surface area contributed by atoms with Crippen molar-refractivity contribution in [3.8, 4) is 5.69 Å². The number of imidazole rings is 2. The lowest BCUT2D eigenvalue weighted by atomic mass is 10.3. The summed E-state index contributed by atoms with van der Waals surface area (Å²) in [6.07, 6.45) is 9.35. The summed E-state index contributed by atoms with van der Waals surface area (Å²) in [5, 5.41) is 0. The van der Waals surface area contributed by atoms with Gasteiger partial charge in [-0.2, -0.15) is 0 Å². The van der Waals surface area contributed by atoms with Crippen molar-refractivity contribution in [2.24, 2.45) is 0 Å². The van der Waals surface area contributed by atoms with Crippen LogP contribution in [0.3, 0.4) is 0 Å². The second kappa shape index (κ2) is 4.78. The van der Waals surface area contributed by atoms with E-state index < -0.39 is 0 Å². The van der Waals surface area contributed by atoms with E-state index in [1.165, 1.54) is 0 Å². The SMILES string of the molecule is Brc1ccc(-n2cnc(Cn3ccnc3)c2)cc1. The lowest BCUT2D eigenvalue weighted by Crippen LogP contribution is -1.96. The first-order valence-electron chi connectivity index (χ1n) is 5.56. The maximum absolute atomic E-state index is 4.39. The molecule has 0 amide bonds. The van der Waals surface area contributed by atoms with Crippen LogP contribution in [-0.2, 0) is 6.54 Å². The van der Waals surface area contributed by atoms with Gasteiger partial charge in [0.1, 0.15) is 0 Å². The van der Waals surface area contributed by atoms with Crippen molar-refractivity contribution in [1.29, 1.82) is 0 Å². The largest absolute Gasteiger partial charge is 0.331 e. The summed E-state index contributed by atoms with van der Waals surface area (Å²) < 4.78 is 5.08. The molecular weight excluding hydrogens is 292 g/mol. The summed E-state index contributed by atoms with van der Waals surface area (Å²) in [5.41, 5.74) is 2.11. The standard InChI is InChI=1S/C13H11BrN4/c14-11-1-3-13(4-2-11)18-8-12(16-10-18)7-17-6-5-15-9-17/h1-6,8-10H,7H2. The normalized spacial score (nSPS) is 10.7. The van der Waals surface area contributed by atoms with Gasteiger partial charge in [-0.25, -0.2) is 9.97 Å². The highest BCUT2D eigenvalue weighted by molar-refractivity contribution is 9.10. The van der Waals surface area contributed by atoms with Gasteiger partial charge in [0, 0.05) is 28.8 Å². The molecule has 0 unspecified atom stereocenters. The molecular formula is C13H11BrN4. The number of hydrogen-bond acceptors (Lipinski definition) is 2.